The van der Waals surface area contributed by atoms with E-state index in [1.165, 1.54) is 5.56 Å². The number of amides is 1. The number of carbonyl (C=O) groups excluding carboxylic acids is 1. The number of phenolic OH excluding ortho intramolecular Hbond substituents is 1. The molecule has 3 aromatic carbocycles. The molecule has 2 heterocycles. The molecule has 1 fully saturated rings. The van der Waals surface area contributed by atoms with Gasteiger partial charge in [0.1, 0.15) is 11.6 Å². The summed E-state index contributed by atoms with van der Waals surface area (Å²) in [5, 5.41) is 13.5. The van der Waals surface area contributed by atoms with Crippen LogP contribution in [0.1, 0.15) is 42.3 Å². The van der Waals surface area contributed by atoms with Crippen LogP contribution in [0.25, 0.3) is 22.4 Å². The zero-order valence-corrected chi connectivity index (χ0v) is 22.7. The van der Waals surface area contributed by atoms with Gasteiger partial charge in [-0.2, -0.15) is 0 Å². The number of nitrogens with one attached hydrogen (secondary N) is 2. The molecule has 5 rings (SSSR count). The average Bonchev–Trinajstić information content (AvgIpc) is 3.32. The summed E-state index contributed by atoms with van der Waals surface area (Å²) in [5.74, 6) is 0.570. The maximum absolute atomic E-state index is 13.0. The zero-order valence-electron chi connectivity index (χ0n) is 22.7. The first-order valence-corrected chi connectivity index (χ1v) is 13.3. The summed E-state index contributed by atoms with van der Waals surface area (Å²) in [6.45, 7) is 12.0. The second-order valence-electron chi connectivity index (χ2n) is 11.3. The van der Waals surface area contributed by atoms with Gasteiger partial charge in [-0.25, -0.2) is 4.98 Å². The predicted molar refractivity (Wildman–Crippen MR) is 154 cm³/mol. The molecule has 1 saturated heterocycles. The van der Waals surface area contributed by atoms with Crippen molar-refractivity contribution in [1.29, 1.82) is 0 Å². The number of hydrogen-bond acceptors (Lipinski definition) is 5. The molecule has 1 amide bonds. The first-order valence-electron chi connectivity index (χ1n) is 13.3. The van der Waals surface area contributed by atoms with E-state index in [2.05, 4.69) is 65.0 Å². The minimum atomic E-state index is -0.175. The lowest BCUT2D eigenvalue weighted by Crippen LogP contribution is -2.45. The molecule has 0 aliphatic carbocycles. The molecule has 0 saturated carbocycles. The number of imidazole rings is 1. The number of piperazine rings is 1. The van der Waals surface area contributed by atoms with Gasteiger partial charge in [0.15, 0.2) is 0 Å². The molecule has 1 aliphatic heterocycles. The Hall–Kier alpha value is -3.68. The average molecular weight is 512 g/mol. The van der Waals surface area contributed by atoms with E-state index in [-0.39, 0.29) is 17.1 Å². The number of hydrogen-bond donors (Lipinski definition) is 3. The van der Waals surface area contributed by atoms with Gasteiger partial charge in [-0.1, -0.05) is 39.0 Å². The first kappa shape index (κ1) is 25.9. The summed E-state index contributed by atoms with van der Waals surface area (Å²) < 4.78 is 0. The van der Waals surface area contributed by atoms with Gasteiger partial charge < -0.3 is 25.2 Å². The second-order valence-corrected chi connectivity index (χ2v) is 11.3. The minimum absolute atomic E-state index is 0.0530. The fourth-order valence-corrected chi connectivity index (χ4v) is 4.79. The highest BCUT2D eigenvalue weighted by molar-refractivity contribution is 6.06. The molecule has 0 radical (unpaired) electrons. The molecule has 4 aromatic rings. The van der Waals surface area contributed by atoms with Crippen molar-refractivity contribution in [3.8, 4) is 17.1 Å². The van der Waals surface area contributed by atoms with Gasteiger partial charge in [0, 0.05) is 44.0 Å². The predicted octanol–water partition coefficient (Wildman–Crippen LogP) is 5.28. The number of aromatic hydroxyl groups is 1. The number of H-pyrrole nitrogens is 1. The number of benzene rings is 3. The molecular formula is C31H37N5O2. The molecule has 7 heteroatoms. The largest absolute Gasteiger partial charge is 0.507 e. The molecule has 1 aliphatic rings. The highest BCUT2D eigenvalue weighted by atomic mass is 16.3. The Bertz CT molecular complexity index is 1430. The van der Waals surface area contributed by atoms with Crippen molar-refractivity contribution in [1.82, 2.24) is 19.8 Å². The van der Waals surface area contributed by atoms with E-state index in [0.29, 0.717) is 17.0 Å². The molecule has 1 aromatic heterocycles. The van der Waals surface area contributed by atoms with Gasteiger partial charge in [0.05, 0.1) is 16.6 Å². The van der Waals surface area contributed by atoms with E-state index in [4.69, 9.17) is 0 Å². The van der Waals surface area contributed by atoms with Crippen LogP contribution < -0.4 is 5.32 Å². The van der Waals surface area contributed by atoms with Gasteiger partial charge in [0.25, 0.3) is 5.91 Å². The molecule has 7 nitrogen and oxygen atoms in total. The van der Waals surface area contributed by atoms with Gasteiger partial charge in [0.2, 0.25) is 0 Å². The lowest BCUT2D eigenvalue weighted by Gasteiger charge is -2.32. The Kier molecular flexibility index (Phi) is 7.23. The van der Waals surface area contributed by atoms with E-state index < -0.39 is 0 Å². The number of nitrogens with zero attached hydrogens (tertiary/aromatic N) is 3. The maximum atomic E-state index is 13.0. The lowest BCUT2D eigenvalue weighted by molar-refractivity contribution is 0.102. The number of anilines is 1. The molecular weight excluding hydrogens is 474 g/mol. The topological polar surface area (TPSA) is 84.5 Å². The summed E-state index contributed by atoms with van der Waals surface area (Å²) in [7, 11) is 2.17. The summed E-state index contributed by atoms with van der Waals surface area (Å²) >= 11 is 0. The Balaban J connectivity index is 1.25. The second kappa shape index (κ2) is 10.6. The quantitative estimate of drug-likeness (QED) is 0.328. The van der Waals surface area contributed by atoms with E-state index in [1.54, 1.807) is 18.2 Å². The molecule has 0 spiro atoms. The Morgan fingerprint density at radius 3 is 2.45 bits per heavy atom. The van der Waals surface area contributed by atoms with Crippen molar-refractivity contribution in [3.05, 3.63) is 77.4 Å². The summed E-state index contributed by atoms with van der Waals surface area (Å²) in [4.78, 5) is 25.8. The van der Waals surface area contributed by atoms with E-state index in [9.17, 15) is 9.90 Å². The van der Waals surface area contributed by atoms with Crippen molar-refractivity contribution in [2.24, 2.45) is 0 Å². The number of rotatable bonds is 6. The van der Waals surface area contributed by atoms with Crippen LogP contribution in [0, 0.1) is 0 Å². The van der Waals surface area contributed by atoms with E-state index in [0.717, 1.165) is 61.4 Å². The van der Waals surface area contributed by atoms with Crippen molar-refractivity contribution in [3.63, 3.8) is 0 Å². The number of likely N-dealkylation sites (N-methyl/N-ethyl adjacent to an activating group) is 1. The van der Waals surface area contributed by atoms with Gasteiger partial charge >= 0.3 is 0 Å². The summed E-state index contributed by atoms with van der Waals surface area (Å²) in [5.41, 5.74) is 5.76. The van der Waals surface area contributed by atoms with Crippen LogP contribution in [-0.2, 0) is 11.8 Å². The third-order valence-electron chi connectivity index (χ3n) is 7.39. The van der Waals surface area contributed by atoms with Crippen LogP contribution in [-0.4, -0.2) is 70.6 Å². The normalized spacial score (nSPS) is 15.2. The van der Waals surface area contributed by atoms with Crippen molar-refractivity contribution in [2.75, 3.05) is 45.1 Å². The van der Waals surface area contributed by atoms with Crippen LogP contribution >= 0.6 is 0 Å². The van der Waals surface area contributed by atoms with Gasteiger partial charge in [-0.15, -0.1) is 0 Å². The molecule has 0 bridgehead atoms. The Morgan fingerprint density at radius 1 is 1.00 bits per heavy atom. The first-order chi connectivity index (χ1) is 18.2. The summed E-state index contributed by atoms with van der Waals surface area (Å²) in [6, 6.07) is 19.1. The summed E-state index contributed by atoms with van der Waals surface area (Å²) in [6.07, 6.45) is 1.00. The van der Waals surface area contributed by atoms with Gasteiger partial charge in [-0.3, -0.25) is 4.79 Å². The monoisotopic (exact) mass is 511 g/mol. The minimum Gasteiger partial charge on any atom is -0.507 e. The van der Waals surface area contributed by atoms with E-state index >= 15 is 0 Å². The fraction of sp³-hybridized carbons (Fsp3) is 0.355. The van der Waals surface area contributed by atoms with Crippen molar-refractivity contribution < 1.29 is 9.90 Å². The lowest BCUT2D eigenvalue weighted by atomic mass is 9.86. The van der Waals surface area contributed by atoms with Crippen LogP contribution in [0.3, 0.4) is 0 Å². The fourth-order valence-electron chi connectivity index (χ4n) is 4.79. The molecule has 3 N–H and O–H groups in total. The Morgan fingerprint density at radius 2 is 1.74 bits per heavy atom. The smallest absolute Gasteiger partial charge is 0.255 e. The number of carbonyl (C=O) groups is 1. The van der Waals surface area contributed by atoms with Crippen LogP contribution in [0.15, 0.2) is 60.7 Å². The van der Waals surface area contributed by atoms with Gasteiger partial charge in [-0.05, 0) is 72.5 Å². The number of aromatic nitrogens is 2. The number of aromatic amines is 1. The maximum Gasteiger partial charge on any atom is 0.255 e. The van der Waals surface area contributed by atoms with Crippen LogP contribution in [0.5, 0.6) is 5.75 Å². The number of fused-ring (bicyclic) bond motifs is 1. The molecule has 38 heavy (non-hydrogen) atoms. The van der Waals surface area contributed by atoms with Crippen molar-refractivity contribution in [2.45, 2.75) is 32.6 Å². The van der Waals surface area contributed by atoms with Crippen LogP contribution in [0.4, 0.5) is 5.69 Å². The Labute approximate surface area is 224 Å². The molecule has 198 valence electrons. The zero-order chi connectivity index (χ0) is 26.9. The third-order valence-corrected chi connectivity index (χ3v) is 7.39. The number of phenols is 1. The molecule has 0 unspecified atom stereocenters. The highest BCUT2D eigenvalue weighted by Crippen LogP contribution is 2.33. The standard InChI is InChI=1S/C31H37N5O2/c1-31(2,3)23-8-12-28(37)25(20-23)29-33-26-11-7-22(19-27(26)34-29)30(38)32-24-9-5-21(6-10-24)13-14-36-17-15-35(4)16-18-36/h5-12,19-20,37H,13-18H2,1-4H3,(H,32,38)(H,33,34). The van der Waals surface area contributed by atoms with E-state index in [1.807, 2.05) is 30.3 Å². The van der Waals surface area contributed by atoms with Crippen LogP contribution in [0.2, 0.25) is 0 Å². The van der Waals surface area contributed by atoms with Crippen molar-refractivity contribution >= 4 is 22.6 Å². The highest BCUT2D eigenvalue weighted by Gasteiger charge is 2.18. The third kappa shape index (κ3) is 5.90. The SMILES string of the molecule is CN1CCN(CCc2ccc(NC(=O)c3ccc4nc(-c5cc(C(C)(C)C)ccc5O)[nH]c4c3)cc2)CC1. The molecule has 0 atom stereocenters.